The van der Waals surface area contributed by atoms with Crippen molar-refractivity contribution in [3.63, 3.8) is 0 Å². The number of carbonyl (C=O) groups excluding carboxylic acids is 1. The van der Waals surface area contributed by atoms with Gasteiger partial charge in [0, 0.05) is 32.3 Å². The first-order chi connectivity index (χ1) is 8.74. The fourth-order valence-electron chi connectivity index (χ4n) is 2.33. The topological polar surface area (TPSA) is 67.6 Å². The van der Waals surface area contributed by atoms with Crippen LogP contribution in [0.2, 0.25) is 0 Å². The lowest BCUT2D eigenvalue weighted by Crippen LogP contribution is -2.31. The summed E-state index contributed by atoms with van der Waals surface area (Å²) in [7, 11) is 1.74. The fourth-order valence-corrected chi connectivity index (χ4v) is 2.33. The van der Waals surface area contributed by atoms with Gasteiger partial charge in [-0.25, -0.2) is 5.84 Å². The summed E-state index contributed by atoms with van der Waals surface area (Å²) in [5.74, 6) is 4.95. The summed E-state index contributed by atoms with van der Waals surface area (Å²) in [5, 5.41) is 0. The molecule has 1 aromatic carbocycles. The molecule has 1 unspecified atom stereocenters. The molecule has 1 aliphatic heterocycles. The van der Waals surface area contributed by atoms with Gasteiger partial charge in [0.1, 0.15) is 0 Å². The summed E-state index contributed by atoms with van der Waals surface area (Å²) in [4.78, 5) is 13.9. The number of ether oxygens (including phenoxy) is 1. The van der Waals surface area contributed by atoms with Crippen molar-refractivity contribution < 1.29 is 9.53 Å². The van der Waals surface area contributed by atoms with Crippen LogP contribution < -0.4 is 11.3 Å². The quantitative estimate of drug-likeness (QED) is 0.463. The molecule has 5 nitrogen and oxygen atoms in total. The van der Waals surface area contributed by atoms with E-state index in [0.717, 1.165) is 31.6 Å². The number of nitrogens with two attached hydrogens (primary N) is 1. The highest BCUT2D eigenvalue weighted by Crippen LogP contribution is 2.17. The zero-order valence-electron chi connectivity index (χ0n) is 10.6. The van der Waals surface area contributed by atoms with Crippen LogP contribution in [0.5, 0.6) is 0 Å². The van der Waals surface area contributed by atoms with E-state index in [-0.39, 0.29) is 5.91 Å². The van der Waals surface area contributed by atoms with E-state index >= 15 is 0 Å². The molecule has 1 saturated heterocycles. The molecule has 1 aliphatic rings. The second-order valence-corrected chi connectivity index (χ2v) is 4.51. The molecule has 1 fully saturated rings. The standard InChI is InChI=1S/C13H19N3O2/c1-18-11-6-7-16(9-11)8-10-4-2-3-5-12(10)13(17)15-14/h2-5,11H,6-9,14H2,1H3,(H,15,17). The molecule has 0 bridgehead atoms. The van der Waals surface area contributed by atoms with Crippen LogP contribution in [0, 0.1) is 0 Å². The van der Waals surface area contributed by atoms with E-state index in [0.29, 0.717) is 11.7 Å². The van der Waals surface area contributed by atoms with Gasteiger partial charge < -0.3 is 4.74 Å². The van der Waals surface area contributed by atoms with Gasteiger partial charge in [-0.05, 0) is 18.1 Å². The Bertz CT molecular complexity index is 422. The van der Waals surface area contributed by atoms with Crippen LogP contribution in [-0.2, 0) is 11.3 Å². The molecule has 1 aromatic rings. The molecule has 0 spiro atoms. The van der Waals surface area contributed by atoms with Gasteiger partial charge in [0.15, 0.2) is 0 Å². The summed E-state index contributed by atoms with van der Waals surface area (Å²) in [5.41, 5.74) is 3.82. The summed E-state index contributed by atoms with van der Waals surface area (Å²) in [6, 6.07) is 7.54. The lowest BCUT2D eigenvalue weighted by atomic mass is 10.1. The zero-order chi connectivity index (χ0) is 13.0. The van der Waals surface area contributed by atoms with Crippen LogP contribution in [0.1, 0.15) is 22.3 Å². The molecule has 1 atom stereocenters. The number of hydrogen-bond donors (Lipinski definition) is 2. The Labute approximate surface area is 107 Å². The number of carbonyl (C=O) groups is 1. The second kappa shape index (κ2) is 5.95. The van der Waals surface area contributed by atoms with E-state index in [4.69, 9.17) is 10.6 Å². The maximum atomic E-state index is 11.6. The number of nitrogen functional groups attached to an aromatic ring is 1. The lowest BCUT2D eigenvalue weighted by molar-refractivity contribution is 0.0951. The zero-order valence-corrected chi connectivity index (χ0v) is 10.6. The maximum Gasteiger partial charge on any atom is 0.265 e. The predicted molar refractivity (Wildman–Crippen MR) is 68.8 cm³/mol. The van der Waals surface area contributed by atoms with E-state index in [9.17, 15) is 4.79 Å². The normalized spacial score (nSPS) is 20.0. The highest BCUT2D eigenvalue weighted by atomic mass is 16.5. The number of benzene rings is 1. The van der Waals surface area contributed by atoms with Crippen molar-refractivity contribution in [3.8, 4) is 0 Å². The third-order valence-electron chi connectivity index (χ3n) is 3.35. The van der Waals surface area contributed by atoms with Crippen LogP contribution in [-0.4, -0.2) is 37.1 Å². The lowest BCUT2D eigenvalue weighted by Gasteiger charge is -2.17. The largest absolute Gasteiger partial charge is 0.380 e. The number of hydrogen-bond acceptors (Lipinski definition) is 4. The number of likely N-dealkylation sites (tertiary alicyclic amines) is 1. The van der Waals surface area contributed by atoms with Crippen molar-refractivity contribution >= 4 is 5.91 Å². The van der Waals surface area contributed by atoms with Crippen LogP contribution in [0.25, 0.3) is 0 Å². The molecule has 0 aromatic heterocycles. The molecule has 2 rings (SSSR count). The number of methoxy groups -OCH3 is 1. The molecule has 0 radical (unpaired) electrons. The van der Waals surface area contributed by atoms with Gasteiger partial charge in [-0.15, -0.1) is 0 Å². The van der Waals surface area contributed by atoms with Crippen molar-refractivity contribution in [2.75, 3.05) is 20.2 Å². The summed E-state index contributed by atoms with van der Waals surface area (Å²) in [6.45, 7) is 2.66. The first kappa shape index (κ1) is 13.0. The molecule has 1 amide bonds. The van der Waals surface area contributed by atoms with E-state index < -0.39 is 0 Å². The van der Waals surface area contributed by atoms with Crippen molar-refractivity contribution in [2.45, 2.75) is 19.1 Å². The van der Waals surface area contributed by atoms with E-state index in [2.05, 4.69) is 10.3 Å². The fraction of sp³-hybridized carbons (Fsp3) is 0.462. The average molecular weight is 249 g/mol. The Balaban J connectivity index is 2.07. The number of hydrazine groups is 1. The van der Waals surface area contributed by atoms with Gasteiger partial charge in [0.05, 0.1) is 6.10 Å². The molecule has 3 N–H and O–H groups in total. The van der Waals surface area contributed by atoms with Crippen molar-refractivity contribution in [2.24, 2.45) is 5.84 Å². The van der Waals surface area contributed by atoms with Crippen LogP contribution in [0.15, 0.2) is 24.3 Å². The SMILES string of the molecule is COC1CCN(Cc2ccccc2C(=O)NN)C1. The molecular weight excluding hydrogens is 230 g/mol. The highest BCUT2D eigenvalue weighted by Gasteiger charge is 2.23. The molecule has 98 valence electrons. The molecule has 5 heteroatoms. The van der Waals surface area contributed by atoms with Crippen molar-refractivity contribution in [1.82, 2.24) is 10.3 Å². The van der Waals surface area contributed by atoms with E-state index in [1.54, 1.807) is 13.2 Å². The van der Waals surface area contributed by atoms with E-state index in [1.165, 1.54) is 0 Å². The summed E-state index contributed by atoms with van der Waals surface area (Å²) in [6.07, 6.45) is 1.35. The third-order valence-corrected chi connectivity index (χ3v) is 3.35. The smallest absolute Gasteiger partial charge is 0.265 e. The first-order valence-electron chi connectivity index (χ1n) is 6.08. The molecular formula is C13H19N3O2. The molecule has 0 aliphatic carbocycles. The van der Waals surface area contributed by atoms with Gasteiger partial charge in [-0.3, -0.25) is 15.1 Å². The van der Waals surface area contributed by atoms with Gasteiger partial charge in [0.2, 0.25) is 0 Å². The highest BCUT2D eigenvalue weighted by molar-refractivity contribution is 5.95. The van der Waals surface area contributed by atoms with Crippen LogP contribution >= 0.6 is 0 Å². The minimum atomic E-state index is -0.243. The predicted octanol–water partition coefficient (Wildman–Crippen LogP) is 0.511. The first-order valence-corrected chi connectivity index (χ1v) is 6.08. The monoisotopic (exact) mass is 249 g/mol. The second-order valence-electron chi connectivity index (χ2n) is 4.51. The number of amides is 1. The molecule has 18 heavy (non-hydrogen) atoms. The maximum absolute atomic E-state index is 11.6. The average Bonchev–Trinajstić information content (AvgIpc) is 2.86. The number of rotatable bonds is 4. The minimum absolute atomic E-state index is 0.243. The van der Waals surface area contributed by atoms with Gasteiger partial charge in [0.25, 0.3) is 5.91 Å². The Morgan fingerprint density at radius 3 is 3.00 bits per heavy atom. The Kier molecular flexibility index (Phi) is 4.30. The molecule has 1 heterocycles. The van der Waals surface area contributed by atoms with E-state index in [1.807, 2.05) is 18.2 Å². The third kappa shape index (κ3) is 2.87. The Hall–Kier alpha value is -1.43. The molecule has 0 saturated carbocycles. The summed E-state index contributed by atoms with van der Waals surface area (Å²) >= 11 is 0. The van der Waals surface area contributed by atoms with Gasteiger partial charge >= 0.3 is 0 Å². The van der Waals surface area contributed by atoms with Crippen LogP contribution in [0.4, 0.5) is 0 Å². The van der Waals surface area contributed by atoms with Crippen molar-refractivity contribution in [3.05, 3.63) is 35.4 Å². The summed E-state index contributed by atoms with van der Waals surface area (Å²) < 4.78 is 5.34. The van der Waals surface area contributed by atoms with Gasteiger partial charge in [-0.1, -0.05) is 18.2 Å². The minimum Gasteiger partial charge on any atom is -0.380 e. The number of nitrogens with one attached hydrogen (secondary N) is 1. The van der Waals surface area contributed by atoms with Gasteiger partial charge in [-0.2, -0.15) is 0 Å². The van der Waals surface area contributed by atoms with Crippen molar-refractivity contribution in [1.29, 1.82) is 0 Å². The Morgan fingerprint density at radius 2 is 2.33 bits per heavy atom. The van der Waals surface area contributed by atoms with Crippen LogP contribution in [0.3, 0.4) is 0 Å². The Morgan fingerprint density at radius 1 is 1.56 bits per heavy atom. The number of nitrogens with zero attached hydrogens (tertiary/aromatic N) is 1.